The predicted molar refractivity (Wildman–Crippen MR) is 72.9 cm³/mol. The Labute approximate surface area is 117 Å². The number of aromatic nitrogens is 3. The zero-order valence-corrected chi connectivity index (χ0v) is 11.7. The van der Waals surface area contributed by atoms with E-state index in [1.165, 1.54) is 12.4 Å². The van der Waals surface area contributed by atoms with E-state index in [2.05, 4.69) is 10.1 Å². The van der Waals surface area contributed by atoms with Crippen molar-refractivity contribution in [3.63, 3.8) is 0 Å². The molecule has 2 rings (SSSR count). The van der Waals surface area contributed by atoms with Crippen LogP contribution in [-0.2, 0) is 6.61 Å². The van der Waals surface area contributed by atoms with E-state index >= 15 is 0 Å². The Kier molecular flexibility index (Phi) is 4.02. The van der Waals surface area contributed by atoms with Crippen LogP contribution in [0.1, 0.15) is 41.6 Å². The van der Waals surface area contributed by atoms with Gasteiger partial charge in [0.05, 0.1) is 5.56 Å². The van der Waals surface area contributed by atoms with E-state index in [-0.39, 0.29) is 18.2 Å². The van der Waals surface area contributed by atoms with Crippen LogP contribution in [0.2, 0.25) is 0 Å². The Morgan fingerprint density at radius 3 is 2.85 bits per heavy atom. The fraction of sp³-hybridized carbons (Fsp3) is 0.357. The lowest BCUT2D eigenvalue weighted by atomic mass is 10.1. The Bertz CT molecular complexity index is 620. The Hall–Kier alpha value is -2.37. The van der Waals surface area contributed by atoms with Gasteiger partial charge in [0.1, 0.15) is 18.7 Å². The number of aryl methyl sites for hydroxylation is 1. The minimum atomic E-state index is -0.972. The third-order valence-electron chi connectivity index (χ3n) is 2.93. The molecule has 0 unspecified atom stereocenters. The van der Waals surface area contributed by atoms with Gasteiger partial charge in [0.2, 0.25) is 0 Å². The number of ether oxygens (including phenoxy) is 1. The fourth-order valence-electron chi connectivity index (χ4n) is 1.84. The van der Waals surface area contributed by atoms with Crippen molar-refractivity contribution in [2.24, 2.45) is 0 Å². The molecule has 106 valence electrons. The minimum absolute atomic E-state index is 0.197. The molecule has 6 nitrogen and oxygen atoms in total. The van der Waals surface area contributed by atoms with Crippen molar-refractivity contribution in [2.75, 3.05) is 0 Å². The van der Waals surface area contributed by atoms with Crippen LogP contribution in [0.3, 0.4) is 0 Å². The van der Waals surface area contributed by atoms with E-state index in [0.29, 0.717) is 11.6 Å². The van der Waals surface area contributed by atoms with Gasteiger partial charge in [-0.15, -0.1) is 0 Å². The molecule has 1 aromatic heterocycles. The molecule has 0 radical (unpaired) electrons. The fourth-order valence-corrected chi connectivity index (χ4v) is 1.84. The number of hydrogen-bond donors (Lipinski definition) is 1. The van der Waals surface area contributed by atoms with Crippen LogP contribution >= 0.6 is 0 Å². The standard InChI is InChI=1S/C14H17N3O3/c1-9(2)17-13(15-8-16-17)7-20-12-6-11(14(18)19)5-4-10(12)3/h4-6,8-9H,7H2,1-3H3,(H,18,19). The van der Waals surface area contributed by atoms with Gasteiger partial charge in [-0.2, -0.15) is 5.10 Å². The third-order valence-corrected chi connectivity index (χ3v) is 2.93. The number of carboxylic acid groups (broad SMARTS) is 1. The number of nitrogens with zero attached hydrogens (tertiary/aromatic N) is 3. The zero-order valence-electron chi connectivity index (χ0n) is 11.7. The van der Waals surface area contributed by atoms with Gasteiger partial charge in [-0.3, -0.25) is 0 Å². The van der Waals surface area contributed by atoms with E-state index < -0.39 is 5.97 Å². The first kappa shape index (κ1) is 14.0. The van der Waals surface area contributed by atoms with Gasteiger partial charge in [-0.1, -0.05) is 6.07 Å². The van der Waals surface area contributed by atoms with E-state index in [1.807, 2.05) is 20.8 Å². The molecule has 0 atom stereocenters. The monoisotopic (exact) mass is 275 g/mol. The Balaban J connectivity index is 2.16. The summed E-state index contributed by atoms with van der Waals surface area (Å²) in [5.41, 5.74) is 1.08. The molecule has 1 N–H and O–H groups in total. The van der Waals surface area contributed by atoms with Crippen molar-refractivity contribution in [2.45, 2.75) is 33.4 Å². The average Bonchev–Trinajstić information content (AvgIpc) is 2.86. The van der Waals surface area contributed by atoms with Crippen molar-refractivity contribution in [3.05, 3.63) is 41.5 Å². The van der Waals surface area contributed by atoms with Gasteiger partial charge >= 0.3 is 5.97 Å². The molecule has 1 aromatic carbocycles. The maximum absolute atomic E-state index is 11.0. The highest BCUT2D eigenvalue weighted by atomic mass is 16.5. The van der Waals surface area contributed by atoms with Gasteiger partial charge in [0.25, 0.3) is 0 Å². The predicted octanol–water partition coefficient (Wildman–Crippen LogP) is 2.44. The number of carbonyl (C=O) groups is 1. The minimum Gasteiger partial charge on any atom is -0.485 e. The molecule has 0 bridgehead atoms. The van der Waals surface area contributed by atoms with Crippen molar-refractivity contribution in [3.8, 4) is 5.75 Å². The van der Waals surface area contributed by atoms with Crippen LogP contribution < -0.4 is 4.74 Å². The first-order valence-corrected chi connectivity index (χ1v) is 6.34. The highest BCUT2D eigenvalue weighted by Gasteiger charge is 2.11. The highest BCUT2D eigenvalue weighted by Crippen LogP contribution is 2.21. The summed E-state index contributed by atoms with van der Waals surface area (Å²) in [6.45, 7) is 6.14. The lowest BCUT2D eigenvalue weighted by molar-refractivity contribution is 0.0696. The van der Waals surface area contributed by atoms with Crippen LogP contribution in [0.4, 0.5) is 0 Å². The van der Waals surface area contributed by atoms with E-state index in [1.54, 1.807) is 16.8 Å². The maximum atomic E-state index is 11.0. The van der Waals surface area contributed by atoms with Crippen LogP contribution in [-0.4, -0.2) is 25.8 Å². The SMILES string of the molecule is Cc1ccc(C(=O)O)cc1OCc1ncnn1C(C)C. The highest BCUT2D eigenvalue weighted by molar-refractivity contribution is 5.88. The van der Waals surface area contributed by atoms with Crippen molar-refractivity contribution in [1.82, 2.24) is 14.8 Å². The number of benzene rings is 1. The molecule has 20 heavy (non-hydrogen) atoms. The molecule has 0 aliphatic rings. The first-order chi connectivity index (χ1) is 9.49. The Morgan fingerprint density at radius 1 is 1.45 bits per heavy atom. The number of aromatic carboxylic acids is 1. The number of rotatable bonds is 5. The maximum Gasteiger partial charge on any atom is 0.335 e. The summed E-state index contributed by atoms with van der Waals surface area (Å²) in [4.78, 5) is 15.1. The summed E-state index contributed by atoms with van der Waals surface area (Å²) in [7, 11) is 0. The average molecular weight is 275 g/mol. The molecule has 0 fully saturated rings. The lowest BCUT2D eigenvalue weighted by Crippen LogP contribution is -2.11. The van der Waals surface area contributed by atoms with Crippen LogP contribution in [0, 0.1) is 6.92 Å². The van der Waals surface area contributed by atoms with Crippen LogP contribution in [0.25, 0.3) is 0 Å². The lowest BCUT2D eigenvalue weighted by Gasteiger charge is -2.12. The second-order valence-electron chi connectivity index (χ2n) is 4.79. The number of carboxylic acids is 1. The summed E-state index contributed by atoms with van der Waals surface area (Å²) < 4.78 is 7.45. The van der Waals surface area contributed by atoms with Gasteiger partial charge in [0.15, 0.2) is 5.82 Å². The van der Waals surface area contributed by atoms with E-state index in [0.717, 1.165) is 5.56 Å². The van der Waals surface area contributed by atoms with Crippen molar-refractivity contribution >= 4 is 5.97 Å². The smallest absolute Gasteiger partial charge is 0.335 e. The molecule has 0 aliphatic heterocycles. The second kappa shape index (κ2) is 5.73. The molecule has 0 saturated carbocycles. The summed E-state index contributed by atoms with van der Waals surface area (Å²) >= 11 is 0. The summed E-state index contributed by atoms with van der Waals surface area (Å²) in [6, 6.07) is 5.00. The number of hydrogen-bond acceptors (Lipinski definition) is 4. The quantitative estimate of drug-likeness (QED) is 0.906. The summed E-state index contributed by atoms with van der Waals surface area (Å²) in [5, 5.41) is 13.1. The van der Waals surface area contributed by atoms with Gasteiger partial charge in [-0.25, -0.2) is 14.5 Å². The third kappa shape index (κ3) is 2.96. The molecule has 0 amide bonds. The second-order valence-corrected chi connectivity index (χ2v) is 4.79. The summed E-state index contributed by atoms with van der Waals surface area (Å²) in [5.74, 6) is 0.281. The molecular weight excluding hydrogens is 258 g/mol. The van der Waals surface area contributed by atoms with Crippen LogP contribution in [0.5, 0.6) is 5.75 Å². The largest absolute Gasteiger partial charge is 0.485 e. The normalized spacial score (nSPS) is 10.8. The van der Waals surface area contributed by atoms with Gasteiger partial charge < -0.3 is 9.84 Å². The van der Waals surface area contributed by atoms with Gasteiger partial charge in [0, 0.05) is 6.04 Å². The van der Waals surface area contributed by atoms with Crippen LogP contribution in [0.15, 0.2) is 24.5 Å². The molecule has 6 heteroatoms. The van der Waals surface area contributed by atoms with Gasteiger partial charge in [-0.05, 0) is 38.5 Å². The van der Waals surface area contributed by atoms with E-state index in [9.17, 15) is 4.79 Å². The molecule has 0 saturated heterocycles. The first-order valence-electron chi connectivity index (χ1n) is 6.34. The molecule has 1 heterocycles. The molecule has 0 spiro atoms. The topological polar surface area (TPSA) is 77.2 Å². The van der Waals surface area contributed by atoms with E-state index in [4.69, 9.17) is 9.84 Å². The molecular formula is C14H17N3O3. The summed E-state index contributed by atoms with van der Waals surface area (Å²) in [6.07, 6.45) is 1.49. The molecule has 2 aromatic rings. The van der Waals surface area contributed by atoms with Crippen molar-refractivity contribution in [1.29, 1.82) is 0 Å². The van der Waals surface area contributed by atoms with Crippen molar-refractivity contribution < 1.29 is 14.6 Å². The zero-order chi connectivity index (χ0) is 14.7. The Morgan fingerprint density at radius 2 is 2.20 bits per heavy atom. The molecule has 0 aliphatic carbocycles.